The molecule has 71 heavy (non-hydrogen) atoms. The first-order valence-electron chi connectivity index (χ1n) is 25.9. The van der Waals surface area contributed by atoms with Gasteiger partial charge in [-0.25, -0.2) is 15.0 Å². The maximum absolute atomic E-state index is 5.58. The number of nitrogens with zero attached hydrogens (tertiary/aromatic N) is 3. The SMILES string of the molecule is CC1(C)c2ccccc2-c2cc(-c3cc(-c4nc(-c5ccccc5)nc(-c5cccc(-c6cccc7cccc(-c8ccccc8)c67)c5)n4)cc4c3-c3ccccc3C43C4CC5CC(C4)CC3C5)ccc21. The minimum Gasteiger partial charge on any atom is -0.208 e. The molecule has 10 aromatic rings. The van der Waals surface area contributed by atoms with Crippen molar-refractivity contribution in [3.63, 3.8) is 0 Å². The van der Waals surface area contributed by atoms with Gasteiger partial charge in [-0.15, -0.1) is 0 Å². The third-order valence-electron chi connectivity index (χ3n) is 17.9. The fraction of sp³-hybridized carbons (Fsp3) is 0.191. The Balaban J connectivity index is 0.963. The number of hydrogen-bond acceptors (Lipinski definition) is 3. The highest BCUT2D eigenvalue weighted by atomic mass is 15.0. The van der Waals surface area contributed by atoms with Crippen LogP contribution in [0.5, 0.6) is 0 Å². The minimum absolute atomic E-state index is 0.0427. The maximum Gasteiger partial charge on any atom is 0.164 e. The molecule has 6 aliphatic rings. The number of benzene rings is 9. The lowest BCUT2D eigenvalue weighted by atomic mass is 9.43. The van der Waals surface area contributed by atoms with Crippen LogP contribution in [-0.4, -0.2) is 15.0 Å². The van der Waals surface area contributed by atoms with Crippen molar-refractivity contribution >= 4 is 10.8 Å². The normalized spacial score (nSPS) is 21.5. The Labute approximate surface area is 416 Å². The lowest BCUT2D eigenvalue weighted by molar-refractivity contribution is -0.0399. The van der Waals surface area contributed by atoms with Crippen LogP contribution >= 0.6 is 0 Å². The summed E-state index contributed by atoms with van der Waals surface area (Å²) in [7, 11) is 0. The summed E-state index contributed by atoms with van der Waals surface area (Å²) in [5.41, 5.74) is 21.5. The third kappa shape index (κ3) is 6.05. The van der Waals surface area contributed by atoms with Crippen molar-refractivity contribution in [2.45, 2.75) is 56.8 Å². The van der Waals surface area contributed by atoms with Crippen molar-refractivity contribution < 1.29 is 0 Å². The first kappa shape index (κ1) is 41.1. The quantitative estimate of drug-likeness (QED) is 0.167. The van der Waals surface area contributed by atoms with E-state index in [9.17, 15) is 0 Å². The van der Waals surface area contributed by atoms with Crippen molar-refractivity contribution in [2.75, 3.05) is 0 Å². The largest absolute Gasteiger partial charge is 0.208 e. The highest BCUT2D eigenvalue weighted by molar-refractivity contribution is 6.07. The monoisotopic (exact) mass is 911 g/mol. The lowest BCUT2D eigenvalue weighted by Gasteiger charge is -2.61. The van der Waals surface area contributed by atoms with E-state index in [4.69, 9.17) is 15.0 Å². The van der Waals surface area contributed by atoms with Gasteiger partial charge in [-0.3, -0.25) is 0 Å². The van der Waals surface area contributed by atoms with Crippen LogP contribution in [0, 0.1) is 23.7 Å². The summed E-state index contributed by atoms with van der Waals surface area (Å²) >= 11 is 0. The molecule has 340 valence electrons. The summed E-state index contributed by atoms with van der Waals surface area (Å²) in [5.74, 6) is 4.98. The molecule has 4 fully saturated rings. The molecule has 0 amide bonds. The molecule has 0 aliphatic heterocycles. The van der Waals surface area contributed by atoms with Crippen LogP contribution in [0.3, 0.4) is 0 Å². The fourth-order valence-corrected chi connectivity index (χ4v) is 15.1. The van der Waals surface area contributed by atoms with E-state index in [2.05, 4.69) is 214 Å². The summed E-state index contributed by atoms with van der Waals surface area (Å²) in [5, 5.41) is 2.45. The van der Waals surface area contributed by atoms with Crippen molar-refractivity contribution in [3.05, 3.63) is 222 Å². The summed E-state index contributed by atoms with van der Waals surface area (Å²) in [6.07, 6.45) is 6.69. The second kappa shape index (κ2) is 15.4. The Morgan fingerprint density at radius 1 is 0.338 bits per heavy atom. The van der Waals surface area contributed by atoms with Gasteiger partial charge in [0.2, 0.25) is 0 Å². The van der Waals surface area contributed by atoms with Crippen molar-refractivity contribution in [1.29, 1.82) is 0 Å². The molecule has 1 spiro atoms. The van der Waals surface area contributed by atoms with E-state index in [-0.39, 0.29) is 10.8 Å². The van der Waals surface area contributed by atoms with Gasteiger partial charge >= 0.3 is 0 Å². The molecule has 4 saturated carbocycles. The smallest absolute Gasteiger partial charge is 0.164 e. The first-order chi connectivity index (χ1) is 34.9. The Morgan fingerprint density at radius 3 is 1.56 bits per heavy atom. The number of aromatic nitrogens is 3. The topological polar surface area (TPSA) is 38.7 Å². The number of hydrogen-bond donors (Lipinski definition) is 0. The standard InChI is InChI=1S/C68H53N3/c1-67(2)58-28-11-9-24-54(58)57-38-47(30-31-59(57)67)56-39-49(40-61-63(56)55-25-10-12-29-60(55)68(61)50-33-41-32-42(35-50)36-51(68)34-41)66-70-64(45-18-7-4-8-19-45)69-65(71-66)48-23-13-22-46(37-48)53-27-15-21-44-20-14-26-52(62(44)53)43-16-5-3-6-17-43/h3-31,37-42,50-51H,32-36H2,1-2H3. The predicted octanol–water partition coefficient (Wildman–Crippen LogP) is 17.1. The molecule has 16 rings (SSSR count). The van der Waals surface area contributed by atoms with Gasteiger partial charge in [-0.05, 0) is 169 Å². The minimum atomic E-state index is -0.0739. The van der Waals surface area contributed by atoms with Crippen LogP contribution in [0.2, 0.25) is 0 Å². The predicted molar refractivity (Wildman–Crippen MR) is 291 cm³/mol. The Kier molecular flexibility index (Phi) is 8.89. The van der Waals surface area contributed by atoms with Gasteiger partial charge < -0.3 is 0 Å². The van der Waals surface area contributed by atoms with Crippen molar-refractivity contribution in [3.8, 4) is 89.8 Å². The van der Waals surface area contributed by atoms with Crippen LogP contribution in [0.15, 0.2) is 200 Å². The van der Waals surface area contributed by atoms with Crippen LogP contribution < -0.4 is 0 Å². The number of rotatable bonds is 6. The fourth-order valence-electron chi connectivity index (χ4n) is 15.1. The summed E-state index contributed by atoms with van der Waals surface area (Å²) in [4.78, 5) is 16.4. The van der Waals surface area contributed by atoms with Crippen molar-refractivity contribution in [1.82, 2.24) is 15.0 Å². The van der Waals surface area contributed by atoms with Crippen LogP contribution in [0.4, 0.5) is 0 Å². The lowest BCUT2D eigenvalue weighted by Crippen LogP contribution is -2.55. The molecule has 4 bridgehead atoms. The molecule has 0 saturated heterocycles. The molecule has 9 aromatic carbocycles. The molecule has 0 N–H and O–H groups in total. The average Bonchev–Trinajstić information content (AvgIpc) is 3.85. The summed E-state index contributed by atoms with van der Waals surface area (Å²) in [6, 6.07) is 74.2. The molecule has 1 aromatic heterocycles. The zero-order valence-corrected chi connectivity index (χ0v) is 40.2. The molecule has 0 atom stereocenters. The van der Waals surface area contributed by atoms with E-state index >= 15 is 0 Å². The Morgan fingerprint density at radius 2 is 0.845 bits per heavy atom. The molecule has 0 unspecified atom stereocenters. The van der Waals surface area contributed by atoms with E-state index in [1.54, 1.807) is 5.56 Å². The molecule has 3 nitrogen and oxygen atoms in total. The Hall–Kier alpha value is -7.75. The zero-order chi connectivity index (χ0) is 47.0. The van der Waals surface area contributed by atoms with E-state index in [0.717, 1.165) is 34.1 Å². The van der Waals surface area contributed by atoms with Gasteiger partial charge in [-0.2, -0.15) is 0 Å². The summed E-state index contributed by atoms with van der Waals surface area (Å²) in [6.45, 7) is 4.76. The van der Waals surface area contributed by atoms with Gasteiger partial charge in [0.05, 0.1) is 0 Å². The van der Waals surface area contributed by atoms with Crippen LogP contribution in [-0.2, 0) is 10.8 Å². The molecule has 1 heterocycles. The van der Waals surface area contributed by atoms with E-state index < -0.39 is 0 Å². The molecular formula is C68H53N3. The van der Waals surface area contributed by atoms with Gasteiger partial charge in [0, 0.05) is 27.5 Å². The Bertz CT molecular complexity index is 3780. The highest BCUT2D eigenvalue weighted by Gasteiger charge is 2.62. The second-order valence-electron chi connectivity index (χ2n) is 21.9. The molecular weight excluding hydrogens is 859 g/mol. The third-order valence-corrected chi connectivity index (χ3v) is 17.9. The van der Waals surface area contributed by atoms with Crippen LogP contribution in [0.1, 0.15) is 68.2 Å². The highest BCUT2D eigenvalue weighted by Crippen LogP contribution is 2.70. The molecule has 3 heteroatoms. The number of fused-ring (bicyclic) bond motifs is 7. The van der Waals surface area contributed by atoms with Gasteiger partial charge in [0.1, 0.15) is 0 Å². The second-order valence-corrected chi connectivity index (χ2v) is 21.9. The van der Waals surface area contributed by atoms with Crippen molar-refractivity contribution in [2.24, 2.45) is 23.7 Å². The first-order valence-corrected chi connectivity index (χ1v) is 25.9. The molecule has 0 radical (unpaired) electrons. The summed E-state index contributed by atoms with van der Waals surface area (Å²) < 4.78 is 0. The van der Waals surface area contributed by atoms with Gasteiger partial charge in [0.15, 0.2) is 17.5 Å². The van der Waals surface area contributed by atoms with E-state index in [1.165, 1.54) is 110 Å². The van der Waals surface area contributed by atoms with E-state index in [0.29, 0.717) is 29.3 Å². The average molecular weight is 912 g/mol. The van der Waals surface area contributed by atoms with Crippen LogP contribution in [0.25, 0.3) is 101 Å². The van der Waals surface area contributed by atoms with Gasteiger partial charge in [0.25, 0.3) is 0 Å². The van der Waals surface area contributed by atoms with Gasteiger partial charge in [-0.1, -0.05) is 190 Å². The molecule has 6 aliphatic carbocycles. The zero-order valence-electron chi connectivity index (χ0n) is 40.2. The van der Waals surface area contributed by atoms with E-state index in [1.807, 2.05) is 0 Å². The maximum atomic E-state index is 5.58.